The molecular weight excluding hydrogens is 542 g/mol. The van der Waals surface area contributed by atoms with Gasteiger partial charge in [-0.2, -0.15) is 4.31 Å². The fourth-order valence-corrected chi connectivity index (χ4v) is 6.26. The van der Waals surface area contributed by atoms with E-state index in [0.29, 0.717) is 23.1 Å². The normalized spacial score (nSPS) is 11.8. The molecule has 0 atom stereocenters. The van der Waals surface area contributed by atoms with Crippen molar-refractivity contribution in [3.05, 3.63) is 72.2 Å². The van der Waals surface area contributed by atoms with Gasteiger partial charge in [-0.1, -0.05) is 11.3 Å². The van der Waals surface area contributed by atoms with Crippen molar-refractivity contribution in [2.24, 2.45) is 0 Å². The number of furan rings is 1. The van der Waals surface area contributed by atoms with Crippen LogP contribution in [0.15, 0.2) is 70.2 Å². The molecule has 4 rings (SSSR count). The van der Waals surface area contributed by atoms with Crippen molar-refractivity contribution in [3.63, 3.8) is 0 Å². The molecular formula is C27H31N3O7S2. The molecule has 12 heteroatoms. The molecule has 0 N–H and O–H groups in total. The largest absolute Gasteiger partial charge is 0.494 e. The summed E-state index contributed by atoms with van der Waals surface area (Å²) in [6.07, 6.45) is 1.54. The summed E-state index contributed by atoms with van der Waals surface area (Å²) in [6.45, 7) is 3.48. The molecule has 4 aromatic rings. The summed E-state index contributed by atoms with van der Waals surface area (Å²) in [5.41, 5.74) is 1.06. The molecule has 1 amide bonds. The number of carbonyl (C=O) groups is 1. The maximum Gasteiger partial charge on any atom is 0.260 e. The highest BCUT2D eigenvalue weighted by Gasteiger charge is 2.26. The molecule has 0 aliphatic carbocycles. The van der Waals surface area contributed by atoms with Crippen LogP contribution in [0.5, 0.6) is 5.75 Å². The van der Waals surface area contributed by atoms with E-state index >= 15 is 0 Å². The molecule has 0 aliphatic heterocycles. The Balaban J connectivity index is 1.63. The first-order valence-electron chi connectivity index (χ1n) is 12.3. The van der Waals surface area contributed by atoms with E-state index in [4.69, 9.17) is 18.6 Å². The minimum Gasteiger partial charge on any atom is -0.494 e. The zero-order chi connectivity index (χ0) is 27.8. The minimum absolute atomic E-state index is 0.0762. The van der Waals surface area contributed by atoms with Crippen molar-refractivity contribution in [2.45, 2.75) is 18.4 Å². The Kier molecular flexibility index (Phi) is 9.70. The van der Waals surface area contributed by atoms with Gasteiger partial charge in [0, 0.05) is 32.9 Å². The Bertz CT molecular complexity index is 1460. The van der Waals surface area contributed by atoms with Gasteiger partial charge in [0.25, 0.3) is 5.91 Å². The highest BCUT2D eigenvalue weighted by molar-refractivity contribution is 7.89. The number of anilines is 1. The highest BCUT2D eigenvalue weighted by atomic mass is 32.2. The van der Waals surface area contributed by atoms with E-state index in [9.17, 15) is 13.2 Å². The Morgan fingerprint density at radius 1 is 1.03 bits per heavy atom. The number of carbonyl (C=O) groups excluding carboxylic acids is 1. The zero-order valence-corrected chi connectivity index (χ0v) is 23.7. The number of sulfonamides is 1. The first-order chi connectivity index (χ1) is 18.9. The molecule has 39 heavy (non-hydrogen) atoms. The second-order valence-corrected chi connectivity index (χ2v) is 11.4. The lowest BCUT2D eigenvalue weighted by molar-refractivity contribution is 0.0983. The summed E-state index contributed by atoms with van der Waals surface area (Å²) >= 11 is 1.36. The quantitative estimate of drug-likeness (QED) is 0.218. The zero-order valence-electron chi connectivity index (χ0n) is 22.0. The van der Waals surface area contributed by atoms with Gasteiger partial charge in [-0.05, 0) is 61.5 Å². The summed E-state index contributed by atoms with van der Waals surface area (Å²) in [4.78, 5) is 20.0. The topological polar surface area (TPSA) is 111 Å². The van der Waals surface area contributed by atoms with Crippen molar-refractivity contribution in [3.8, 4) is 5.75 Å². The summed E-state index contributed by atoms with van der Waals surface area (Å²) in [6, 6.07) is 15.0. The standard InChI is InChI=1S/C27H31N3O7S2/c1-4-36-21-9-12-24-25(18-21)38-27(28-24)30(19-22-6-5-15-37-22)26(31)20-7-10-23(11-8-20)39(32,33)29(13-16-34-2)14-17-35-3/h5-12,15,18H,4,13-14,16-17,19H2,1-3H3. The summed E-state index contributed by atoms with van der Waals surface area (Å²) in [7, 11) is -0.790. The van der Waals surface area contributed by atoms with Crippen LogP contribution in [0.3, 0.4) is 0 Å². The van der Waals surface area contributed by atoms with E-state index < -0.39 is 10.0 Å². The summed E-state index contributed by atoms with van der Waals surface area (Å²) < 4.78 is 49.9. The van der Waals surface area contributed by atoms with Crippen LogP contribution >= 0.6 is 11.3 Å². The Morgan fingerprint density at radius 3 is 2.36 bits per heavy atom. The monoisotopic (exact) mass is 573 g/mol. The molecule has 0 spiro atoms. The second kappa shape index (κ2) is 13.2. The van der Waals surface area contributed by atoms with Gasteiger partial charge in [-0.3, -0.25) is 9.69 Å². The predicted molar refractivity (Wildman–Crippen MR) is 149 cm³/mol. The van der Waals surface area contributed by atoms with Gasteiger partial charge in [0.1, 0.15) is 11.5 Å². The molecule has 0 aliphatic rings. The van der Waals surface area contributed by atoms with Crippen LogP contribution in [0, 0.1) is 0 Å². The van der Waals surface area contributed by atoms with Crippen LogP contribution in [-0.4, -0.2) is 70.7 Å². The maximum atomic E-state index is 13.7. The number of benzene rings is 2. The lowest BCUT2D eigenvalue weighted by Gasteiger charge is -2.22. The maximum absolute atomic E-state index is 13.7. The molecule has 0 unspecified atom stereocenters. The van der Waals surface area contributed by atoms with E-state index in [1.165, 1.54) is 59.0 Å². The third-order valence-corrected chi connectivity index (χ3v) is 8.81. The lowest BCUT2D eigenvalue weighted by Crippen LogP contribution is -2.36. The molecule has 0 radical (unpaired) electrons. The molecule has 0 saturated carbocycles. The van der Waals surface area contributed by atoms with Gasteiger partial charge in [-0.15, -0.1) is 0 Å². The lowest BCUT2D eigenvalue weighted by atomic mass is 10.2. The van der Waals surface area contributed by atoms with Gasteiger partial charge in [-0.25, -0.2) is 13.4 Å². The number of thiazole rings is 1. The molecule has 10 nitrogen and oxygen atoms in total. The fourth-order valence-electron chi connectivity index (χ4n) is 3.86. The van der Waals surface area contributed by atoms with E-state index in [1.54, 1.807) is 18.4 Å². The number of fused-ring (bicyclic) bond motifs is 1. The molecule has 0 saturated heterocycles. The Morgan fingerprint density at radius 2 is 1.74 bits per heavy atom. The van der Waals surface area contributed by atoms with E-state index in [1.807, 2.05) is 25.1 Å². The van der Waals surface area contributed by atoms with Gasteiger partial charge in [0.2, 0.25) is 10.0 Å². The Labute approximate surface area is 231 Å². The average Bonchev–Trinajstić information content (AvgIpc) is 3.61. The smallest absolute Gasteiger partial charge is 0.260 e. The third-order valence-electron chi connectivity index (χ3n) is 5.86. The number of hydrogen-bond acceptors (Lipinski definition) is 9. The predicted octanol–water partition coefficient (Wildman–Crippen LogP) is 4.42. The number of methoxy groups -OCH3 is 2. The van der Waals surface area contributed by atoms with Crippen LogP contribution in [-0.2, 0) is 26.0 Å². The molecule has 0 fully saturated rings. The van der Waals surface area contributed by atoms with Gasteiger partial charge in [0.05, 0.1) is 47.7 Å². The first-order valence-corrected chi connectivity index (χ1v) is 14.6. The van der Waals surface area contributed by atoms with Crippen LogP contribution in [0.4, 0.5) is 5.13 Å². The SMILES string of the molecule is CCOc1ccc2nc(N(Cc3ccco3)C(=O)c3ccc(S(=O)(=O)N(CCOC)CCOC)cc3)sc2c1. The average molecular weight is 574 g/mol. The second-order valence-electron chi connectivity index (χ2n) is 8.44. The van der Waals surface area contributed by atoms with Crippen LogP contribution in [0.2, 0.25) is 0 Å². The van der Waals surface area contributed by atoms with Crippen molar-refractivity contribution in [2.75, 3.05) is 52.0 Å². The number of rotatable bonds is 14. The third kappa shape index (κ3) is 6.84. The number of hydrogen-bond donors (Lipinski definition) is 0. The van der Waals surface area contributed by atoms with Crippen molar-refractivity contribution >= 4 is 42.6 Å². The summed E-state index contributed by atoms with van der Waals surface area (Å²) in [5.74, 6) is 0.977. The Hall–Kier alpha value is -3.29. The van der Waals surface area contributed by atoms with Crippen LogP contribution in [0.25, 0.3) is 10.2 Å². The van der Waals surface area contributed by atoms with Crippen LogP contribution in [0.1, 0.15) is 23.0 Å². The van der Waals surface area contributed by atoms with E-state index in [2.05, 4.69) is 4.98 Å². The number of amides is 1. The van der Waals surface area contributed by atoms with E-state index in [-0.39, 0.29) is 43.7 Å². The number of nitrogens with zero attached hydrogens (tertiary/aromatic N) is 3. The fraction of sp³-hybridized carbons (Fsp3) is 0.333. The minimum atomic E-state index is -3.82. The molecule has 2 aromatic heterocycles. The molecule has 2 aromatic carbocycles. The number of aromatic nitrogens is 1. The first kappa shape index (κ1) is 28.7. The molecule has 2 heterocycles. The van der Waals surface area contributed by atoms with Crippen molar-refractivity contribution in [1.29, 1.82) is 0 Å². The van der Waals surface area contributed by atoms with Gasteiger partial charge < -0.3 is 18.6 Å². The van der Waals surface area contributed by atoms with Gasteiger partial charge in [0.15, 0.2) is 5.13 Å². The van der Waals surface area contributed by atoms with Crippen LogP contribution < -0.4 is 9.64 Å². The molecule has 208 valence electrons. The van der Waals surface area contributed by atoms with Gasteiger partial charge >= 0.3 is 0 Å². The number of ether oxygens (including phenoxy) is 3. The van der Waals surface area contributed by atoms with Crippen molar-refractivity contribution < 1.29 is 31.8 Å². The van der Waals surface area contributed by atoms with E-state index in [0.717, 1.165) is 16.0 Å². The summed E-state index contributed by atoms with van der Waals surface area (Å²) in [5, 5.41) is 0.488. The highest BCUT2D eigenvalue weighted by Crippen LogP contribution is 2.33. The molecule has 0 bridgehead atoms. The van der Waals surface area contributed by atoms with Crippen molar-refractivity contribution in [1.82, 2.24) is 9.29 Å².